The van der Waals surface area contributed by atoms with E-state index in [4.69, 9.17) is 4.74 Å². The Morgan fingerprint density at radius 2 is 2.33 bits per heavy atom. The van der Waals surface area contributed by atoms with Crippen LogP contribution in [0.15, 0.2) is 18.2 Å². The van der Waals surface area contributed by atoms with Gasteiger partial charge in [0.1, 0.15) is 11.6 Å². The van der Waals surface area contributed by atoms with E-state index in [0.29, 0.717) is 24.3 Å². The van der Waals surface area contributed by atoms with Gasteiger partial charge in [0.2, 0.25) is 0 Å². The van der Waals surface area contributed by atoms with Crippen molar-refractivity contribution < 1.29 is 13.9 Å². The maximum absolute atomic E-state index is 13.2. The highest BCUT2D eigenvalue weighted by Gasteiger charge is 2.25. The zero-order valence-corrected chi connectivity index (χ0v) is 8.42. The van der Waals surface area contributed by atoms with E-state index in [-0.39, 0.29) is 11.7 Å². The standard InChI is InChI=1S/C11H12FNO2/c1-7-2-3-8(6-9(7)12)15-10-4-5-13-11(10)14/h2-3,6,10H,4-5H2,1H3,(H,13,14)/t10-/m0/s1. The predicted molar refractivity (Wildman–Crippen MR) is 53.2 cm³/mol. The smallest absolute Gasteiger partial charge is 0.261 e. The second kappa shape index (κ2) is 3.88. The zero-order chi connectivity index (χ0) is 10.8. The number of hydrogen-bond acceptors (Lipinski definition) is 2. The fourth-order valence-corrected chi connectivity index (χ4v) is 1.49. The van der Waals surface area contributed by atoms with Gasteiger partial charge in [0.15, 0.2) is 6.10 Å². The van der Waals surface area contributed by atoms with E-state index < -0.39 is 6.10 Å². The number of carbonyl (C=O) groups is 1. The van der Waals surface area contributed by atoms with Gasteiger partial charge in [0, 0.05) is 19.0 Å². The van der Waals surface area contributed by atoms with Crippen LogP contribution < -0.4 is 10.1 Å². The molecule has 4 heteroatoms. The number of hydrogen-bond donors (Lipinski definition) is 1. The molecule has 80 valence electrons. The molecule has 0 aliphatic carbocycles. The first-order valence-corrected chi connectivity index (χ1v) is 4.87. The van der Waals surface area contributed by atoms with Gasteiger partial charge in [-0.2, -0.15) is 0 Å². The third kappa shape index (κ3) is 2.09. The monoisotopic (exact) mass is 209 g/mol. The first-order valence-electron chi connectivity index (χ1n) is 4.87. The summed E-state index contributed by atoms with van der Waals surface area (Å²) in [6.45, 7) is 2.30. The van der Waals surface area contributed by atoms with Crippen LogP contribution in [0.25, 0.3) is 0 Å². The molecule has 0 aromatic heterocycles. The predicted octanol–water partition coefficient (Wildman–Crippen LogP) is 1.40. The van der Waals surface area contributed by atoms with E-state index in [1.807, 2.05) is 0 Å². The van der Waals surface area contributed by atoms with Crippen molar-refractivity contribution in [2.45, 2.75) is 19.4 Å². The van der Waals surface area contributed by atoms with Gasteiger partial charge in [-0.05, 0) is 18.6 Å². The lowest BCUT2D eigenvalue weighted by Gasteiger charge is -2.11. The summed E-state index contributed by atoms with van der Waals surface area (Å²) in [6, 6.07) is 4.61. The van der Waals surface area contributed by atoms with E-state index in [1.165, 1.54) is 6.07 Å². The molecule has 1 N–H and O–H groups in total. The zero-order valence-electron chi connectivity index (χ0n) is 8.42. The molecule has 0 unspecified atom stereocenters. The maximum Gasteiger partial charge on any atom is 0.261 e. The Labute approximate surface area is 87.2 Å². The summed E-state index contributed by atoms with van der Waals surface area (Å²) in [5.74, 6) is -0.0398. The molecular weight excluding hydrogens is 197 g/mol. The van der Waals surface area contributed by atoms with Crippen molar-refractivity contribution in [2.75, 3.05) is 6.54 Å². The molecule has 0 saturated carbocycles. The summed E-state index contributed by atoms with van der Waals surface area (Å²) in [5.41, 5.74) is 0.568. The third-order valence-electron chi connectivity index (χ3n) is 2.42. The van der Waals surface area contributed by atoms with Crippen LogP contribution in [0.1, 0.15) is 12.0 Å². The number of benzene rings is 1. The second-order valence-corrected chi connectivity index (χ2v) is 3.60. The number of nitrogens with one attached hydrogen (secondary N) is 1. The first kappa shape index (κ1) is 9.96. The van der Waals surface area contributed by atoms with E-state index in [9.17, 15) is 9.18 Å². The molecule has 3 nitrogen and oxygen atoms in total. The summed E-state index contributed by atoms with van der Waals surface area (Å²) in [7, 11) is 0. The van der Waals surface area contributed by atoms with Crippen LogP contribution in [0, 0.1) is 12.7 Å². The highest BCUT2D eigenvalue weighted by atomic mass is 19.1. The fourth-order valence-electron chi connectivity index (χ4n) is 1.49. The Hall–Kier alpha value is -1.58. The molecule has 1 aromatic rings. The summed E-state index contributed by atoms with van der Waals surface area (Å²) in [4.78, 5) is 11.2. The molecule has 1 fully saturated rings. The van der Waals surface area contributed by atoms with Crippen LogP contribution in [-0.4, -0.2) is 18.6 Å². The van der Waals surface area contributed by atoms with E-state index in [2.05, 4.69) is 5.32 Å². The fraction of sp³-hybridized carbons (Fsp3) is 0.364. The lowest BCUT2D eigenvalue weighted by Crippen LogP contribution is -2.27. The van der Waals surface area contributed by atoms with Gasteiger partial charge in [-0.15, -0.1) is 0 Å². The Balaban J connectivity index is 2.10. The summed E-state index contributed by atoms with van der Waals surface area (Å²) in [6.07, 6.45) is 0.154. The molecule has 2 rings (SSSR count). The van der Waals surface area contributed by atoms with Crippen LogP contribution in [-0.2, 0) is 4.79 Å². The molecule has 1 atom stereocenters. The Morgan fingerprint density at radius 1 is 1.53 bits per heavy atom. The molecule has 0 radical (unpaired) electrons. The molecule has 1 saturated heterocycles. The molecule has 1 aromatic carbocycles. The second-order valence-electron chi connectivity index (χ2n) is 3.60. The Morgan fingerprint density at radius 3 is 2.93 bits per heavy atom. The quantitative estimate of drug-likeness (QED) is 0.799. The molecule has 0 bridgehead atoms. The van der Waals surface area contributed by atoms with Crippen molar-refractivity contribution in [3.8, 4) is 5.75 Å². The van der Waals surface area contributed by atoms with Crippen LogP contribution in [0.5, 0.6) is 5.75 Å². The van der Waals surface area contributed by atoms with Gasteiger partial charge in [-0.3, -0.25) is 4.79 Å². The average Bonchev–Trinajstić information content (AvgIpc) is 2.59. The van der Waals surface area contributed by atoms with E-state index in [1.54, 1.807) is 19.1 Å². The summed E-state index contributed by atoms with van der Waals surface area (Å²) < 4.78 is 18.5. The number of ether oxygens (including phenoxy) is 1. The van der Waals surface area contributed by atoms with Crippen molar-refractivity contribution in [1.82, 2.24) is 5.32 Å². The molecule has 15 heavy (non-hydrogen) atoms. The van der Waals surface area contributed by atoms with E-state index in [0.717, 1.165) is 0 Å². The topological polar surface area (TPSA) is 38.3 Å². The van der Waals surface area contributed by atoms with Crippen LogP contribution in [0.3, 0.4) is 0 Å². The molecule has 0 spiro atoms. The SMILES string of the molecule is Cc1ccc(O[C@H]2CCNC2=O)cc1F. The third-order valence-corrected chi connectivity index (χ3v) is 2.42. The highest BCUT2D eigenvalue weighted by molar-refractivity contribution is 5.83. The van der Waals surface area contributed by atoms with E-state index >= 15 is 0 Å². The molecule has 1 aliphatic rings. The lowest BCUT2D eigenvalue weighted by molar-refractivity contribution is -0.124. The minimum Gasteiger partial charge on any atom is -0.480 e. The minimum absolute atomic E-state index is 0.129. The normalized spacial score (nSPS) is 20.1. The van der Waals surface area contributed by atoms with Crippen molar-refractivity contribution in [3.63, 3.8) is 0 Å². The highest BCUT2D eigenvalue weighted by Crippen LogP contribution is 2.19. The van der Waals surface area contributed by atoms with Crippen LogP contribution in [0.2, 0.25) is 0 Å². The van der Waals surface area contributed by atoms with Gasteiger partial charge in [-0.1, -0.05) is 6.07 Å². The average molecular weight is 209 g/mol. The number of carbonyl (C=O) groups excluding carboxylic acids is 1. The van der Waals surface area contributed by atoms with Gasteiger partial charge < -0.3 is 10.1 Å². The Kier molecular flexibility index (Phi) is 2.58. The van der Waals surface area contributed by atoms with Crippen LogP contribution in [0.4, 0.5) is 4.39 Å². The minimum atomic E-state index is -0.480. The van der Waals surface area contributed by atoms with Gasteiger partial charge in [0.05, 0.1) is 0 Å². The maximum atomic E-state index is 13.2. The lowest BCUT2D eigenvalue weighted by atomic mass is 10.2. The largest absolute Gasteiger partial charge is 0.480 e. The Bertz CT molecular complexity index is 392. The molecular formula is C11H12FNO2. The van der Waals surface area contributed by atoms with Gasteiger partial charge in [-0.25, -0.2) is 4.39 Å². The first-order chi connectivity index (χ1) is 7.16. The molecule has 1 aliphatic heterocycles. The number of halogens is 1. The van der Waals surface area contributed by atoms with Crippen molar-refractivity contribution in [1.29, 1.82) is 0 Å². The number of amides is 1. The summed E-state index contributed by atoms with van der Waals surface area (Å²) >= 11 is 0. The van der Waals surface area contributed by atoms with Crippen molar-refractivity contribution >= 4 is 5.91 Å². The molecule has 1 amide bonds. The van der Waals surface area contributed by atoms with Gasteiger partial charge in [0.25, 0.3) is 5.91 Å². The van der Waals surface area contributed by atoms with Gasteiger partial charge >= 0.3 is 0 Å². The number of aryl methyl sites for hydroxylation is 1. The number of rotatable bonds is 2. The van der Waals surface area contributed by atoms with Crippen molar-refractivity contribution in [2.24, 2.45) is 0 Å². The van der Waals surface area contributed by atoms with Crippen molar-refractivity contribution in [3.05, 3.63) is 29.6 Å². The van der Waals surface area contributed by atoms with Crippen LogP contribution >= 0.6 is 0 Å². The summed E-state index contributed by atoms with van der Waals surface area (Å²) in [5, 5.41) is 2.66. The molecule has 1 heterocycles.